The van der Waals surface area contributed by atoms with Gasteiger partial charge in [0.2, 0.25) is 0 Å². The number of hydrogen-bond acceptors (Lipinski definition) is 6. The highest BCUT2D eigenvalue weighted by Gasteiger charge is 2.34. The van der Waals surface area contributed by atoms with E-state index >= 15 is 0 Å². The molecule has 0 aliphatic carbocycles. The molecular formula is C20H16N2O5. The molecule has 1 aliphatic rings. The van der Waals surface area contributed by atoms with Gasteiger partial charge in [0.25, 0.3) is 11.8 Å². The molecular weight excluding hydrogens is 348 g/mol. The summed E-state index contributed by atoms with van der Waals surface area (Å²) >= 11 is 0. The van der Waals surface area contributed by atoms with E-state index in [-0.39, 0.29) is 24.8 Å². The Bertz CT molecular complexity index is 1030. The summed E-state index contributed by atoms with van der Waals surface area (Å²) in [5.74, 6) is -0.189. The number of hydrogen-bond donors (Lipinski definition) is 0. The number of ether oxygens (including phenoxy) is 1. The van der Waals surface area contributed by atoms with E-state index in [0.717, 1.165) is 0 Å². The fourth-order valence-corrected chi connectivity index (χ4v) is 3.09. The molecule has 2 aromatic carbocycles. The number of aromatic nitrogens is 1. The summed E-state index contributed by atoms with van der Waals surface area (Å²) in [4.78, 5) is 41.9. The second kappa shape index (κ2) is 6.68. The molecule has 136 valence electrons. The molecule has 7 nitrogen and oxygen atoms in total. The summed E-state index contributed by atoms with van der Waals surface area (Å²) in [6.07, 6.45) is 0.412. The van der Waals surface area contributed by atoms with Gasteiger partial charge in [0.15, 0.2) is 11.5 Å². The first-order valence-electron chi connectivity index (χ1n) is 8.56. The zero-order valence-corrected chi connectivity index (χ0v) is 14.6. The van der Waals surface area contributed by atoms with Crippen LogP contribution in [0.15, 0.2) is 46.9 Å². The molecule has 0 unspecified atom stereocenters. The highest BCUT2D eigenvalue weighted by Crippen LogP contribution is 2.24. The van der Waals surface area contributed by atoms with Crippen LogP contribution in [0.1, 0.15) is 39.4 Å². The molecule has 0 atom stereocenters. The Morgan fingerprint density at radius 1 is 1.11 bits per heavy atom. The van der Waals surface area contributed by atoms with Crippen molar-refractivity contribution in [2.75, 3.05) is 6.54 Å². The summed E-state index contributed by atoms with van der Waals surface area (Å²) in [5, 5.41) is 0. The molecule has 3 aromatic rings. The van der Waals surface area contributed by atoms with Crippen LogP contribution >= 0.6 is 0 Å². The Morgan fingerprint density at radius 3 is 2.52 bits per heavy atom. The fraction of sp³-hybridized carbons (Fsp3) is 0.200. The number of carbonyl (C=O) groups excluding carboxylic acids is 3. The number of fused-ring (bicyclic) bond motifs is 2. The van der Waals surface area contributed by atoms with Gasteiger partial charge in [0.05, 0.1) is 11.1 Å². The van der Waals surface area contributed by atoms with Crippen molar-refractivity contribution in [2.24, 2.45) is 0 Å². The number of rotatable bonds is 5. The van der Waals surface area contributed by atoms with Crippen molar-refractivity contribution in [1.29, 1.82) is 0 Å². The quantitative estimate of drug-likeness (QED) is 0.393. The molecule has 7 heteroatoms. The molecule has 4 rings (SSSR count). The first-order chi connectivity index (χ1) is 13.0. The van der Waals surface area contributed by atoms with E-state index in [0.29, 0.717) is 40.3 Å². The van der Waals surface area contributed by atoms with Crippen molar-refractivity contribution in [2.45, 2.75) is 19.8 Å². The van der Waals surface area contributed by atoms with Crippen LogP contribution in [0.3, 0.4) is 0 Å². The van der Waals surface area contributed by atoms with Crippen LogP contribution < -0.4 is 4.74 Å². The number of aryl methyl sites for hydroxylation is 1. The third-order valence-corrected chi connectivity index (χ3v) is 4.34. The van der Waals surface area contributed by atoms with Gasteiger partial charge in [0.1, 0.15) is 11.3 Å². The Hall–Kier alpha value is -3.48. The SMILES string of the molecule is Cc1nc2ccc(OC(=O)CCCN3C(=O)c4ccccc4C3=O)cc2o1. The predicted octanol–water partition coefficient (Wildman–Crippen LogP) is 3.12. The number of nitrogens with zero attached hydrogens (tertiary/aromatic N) is 2. The highest BCUT2D eigenvalue weighted by molar-refractivity contribution is 6.21. The standard InChI is InChI=1S/C20H16N2O5/c1-12-21-16-9-8-13(11-17(16)26-12)27-18(23)7-4-10-22-19(24)14-5-2-3-6-15(14)20(22)25/h2-3,5-6,8-9,11H,4,7,10H2,1H3. The Balaban J connectivity index is 1.33. The maximum Gasteiger partial charge on any atom is 0.311 e. The number of oxazole rings is 1. The number of benzene rings is 2. The third kappa shape index (κ3) is 3.19. The molecule has 0 N–H and O–H groups in total. The number of imide groups is 1. The first kappa shape index (κ1) is 17.0. The zero-order valence-electron chi connectivity index (χ0n) is 14.6. The summed E-state index contributed by atoms with van der Waals surface area (Å²) < 4.78 is 10.7. The molecule has 1 aliphatic heterocycles. The number of esters is 1. The van der Waals surface area contributed by atoms with E-state index in [1.165, 1.54) is 4.90 Å². The Morgan fingerprint density at radius 2 is 1.81 bits per heavy atom. The van der Waals surface area contributed by atoms with Crippen molar-refractivity contribution >= 4 is 28.9 Å². The molecule has 2 amide bonds. The first-order valence-corrected chi connectivity index (χ1v) is 8.56. The second-order valence-corrected chi connectivity index (χ2v) is 6.25. The lowest BCUT2D eigenvalue weighted by atomic mass is 10.1. The normalized spacial score (nSPS) is 13.3. The summed E-state index contributed by atoms with van der Waals surface area (Å²) in [6.45, 7) is 1.91. The summed E-state index contributed by atoms with van der Waals surface area (Å²) in [7, 11) is 0. The van der Waals surface area contributed by atoms with Gasteiger partial charge in [-0.15, -0.1) is 0 Å². The number of amides is 2. The molecule has 0 fully saturated rings. The van der Waals surface area contributed by atoms with Crippen LogP contribution in [0, 0.1) is 6.92 Å². The highest BCUT2D eigenvalue weighted by atomic mass is 16.5. The van der Waals surface area contributed by atoms with Crippen LogP contribution in [0.4, 0.5) is 0 Å². The second-order valence-electron chi connectivity index (χ2n) is 6.25. The Labute approximate surface area is 154 Å². The van der Waals surface area contributed by atoms with Gasteiger partial charge in [-0.05, 0) is 30.7 Å². The lowest BCUT2D eigenvalue weighted by Crippen LogP contribution is -2.31. The predicted molar refractivity (Wildman–Crippen MR) is 95.4 cm³/mol. The van der Waals surface area contributed by atoms with Crippen molar-refractivity contribution < 1.29 is 23.5 Å². The molecule has 0 spiro atoms. The van der Waals surface area contributed by atoms with E-state index < -0.39 is 5.97 Å². The van der Waals surface area contributed by atoms with Gasteiger partial charge in [-0.25, -0.2) is 4.98 Å². The topological polar surface area (TPSA) is 89.7 Å². The largest absolute Gasteiger partial charge is 0.441 e. The summed E-state index contributed by atoms with van der Waals surface area (Å²) in [5.41, 5.74) is 2.04. The van der Waals surface area contributed by atoms with Gasteiger partial charge in [-0.2, -0.15) is 0 Å². The third-order valence-electron chi connectivity index (χ3n) is 4.34. The van der Waals surface area contributed by atoms with Gasteiger partial charge in [0, 0.05) is 26.0 Å². The lowest BCUT2D eigenvalue weighted by Gasteiger charge is -2.13. The van der Waals surface area contributed by atoms with Crippen LogP contribution in [-0.4, -0.2) is 34.2 Å². The Kier molecular flexibility index (Phi) is 4.19. The van der Waals surface area contributed by atoms with E-state index in [9.17, 15) is 14.4 Å². The average molecular weight is 364 g/mol. The van der Waals surface area contributed by atoms with E-state index in [2.05, 4.69) is 4.98 Å². The molecule has 0 saturated carbocycles. The van der Waals surface area contributed by atoms with Crippen molar-refractivity contribution in [3.05, 3.63) is 59.5 Å². The van der Waals surface area contributed by atoms with Gasteiger partial charge in [-0.1, -0.05) is 12.1 Å². The molecule has 0 radical (unpaired) electrons. The zero-order chi connectivity index (χ0) is 19.0. The van der Waals surface area contributed by atoms with Crippen molar-refractivity contribution in [3.8, 4) is 5.75 Å². The minimum Gasteiger partial charge on any atom is -0.441 e. The molecule has 27 heavy (non-hydrogen) atoms. The fourth-order valence-electron chi connectivity index (χ4n) is 3.09. The van der Waals surface area contributed by atoms with Crippen LogP contribution in [-0.2, 0) is 4.79 Å². The summed E-state index contributed by atoms with van der Waals surface area (Å²) in [6, 6.07) is 11.7. The van der Waals surface area contributed by atoms with E-state index in [4.69, 9.17) is 9.15 Å². The minimum atomic E-state index is -0.442. The van der Waals surface area contributed by atoms with Crippen LogP contribution in [0.25, 0.3) is 11.1 Å². The van der Waals surface area contributed by atoms with Gasteiger partial charge >= 0.3 is 5.97 Å². The van der Waals surface area contributed by atoms with Gasteiger partial charge < -0.3 is 9.15 Å². The molecule has 1 aromatic heterocycles. The van der Waals surface area contributed by atoms with E-state index in [1.807, 2.05) is 0 Å². The van der Waals surface area contributed by atoms with Crippen LogP contribution in [0.5, 0.6) is 5.75 Å². The van der Waals surface area contributed by atoms with Crippen LogP contribution in [0.2, 0.25) is 0 Å². The maximum atomic E-state index is 12.3. The van der Waals surface area contributed by atoms with Crippen molar-refractivity contribution in [3.63, 3.8) is 0 Å². The maximum absolute atomic E-state index is 12.3. The van der Waals surface area contributed by atoms with E-state index in [1.54, 1.807) is 49.4 Å². The molecule has 2 heterocycles. The smallest absolute Gasteiger partial charge is 0.311 e. The lowest BCUT2D eigenvalue weighted by molar-refractivity contribution is -0.134. The molecule has 0 bridgehead atoms. The average Bonchev–Trinajstić information content (AvgIpc) is 3.13. The minimum absolute atomic E-state index is 0.0842. The monoisotopic (exact) mass is 364 g/mol. The molecule has 0 saturated heterocycles. The number of carbonyl (C=O) groups is 3. The van der Waals surface area contributed by atoms with Crippen molar-refractivity contribution in [1.82, 2.24) is 9.88 Å². The van der Waals surface area contributed by atoms with Gasteiger partial charge in [-0.3, -0.25) is 19.3 Å².